The molecule has 0 bridgehead atoms. The number of amides is 1. The summed E-state index contributed by atoms with van der Waals surface area (Å²) in [6, 6.07) is 5.18. The molecule has 3 aromatic rings. The Morgan fingerprint density at radius 3 is 2.96 bits per heavy atom. The van der Waals surface area contributed by atoms with E-state index in [2.05, 4.69) is 26.0 Å². The summed E-state index contributed by atoms with van der Waals surface area (Å²) in [7, 11) is 1.51. The van der Waals surface area contributed by atoms with Gasteiger partial charge in [-0.2, -0.15) is 5.10 Å². The van der Waals surface area contributed by atoms with E-state index in [1.54, 1.807) is 40.0 Å². The quantitative estimate of drug-likeness (QED) is 0.711. The minimum absolute atomic E-state index is 0.123. The van der Waals surface area contributed by atoms with E-state index in [1.807, 2.05) is 0 Å². The first-order valence-electron chi connectivity index (χ1n) is 7.74. The number of rotatable bonds is 2. The first-order chi connectivity index (χ1) is 12.0. The summed E-state index contributed by atoms with van der Waals surface area (Å²) in [5, 5.41) is 14.2. The molecule has 7 nitrogen and oxygen atoms in total. The zero-order chi connectivity index (χ0) is 17.6. The maximum atomic E-state index is 12.8. The summed E-state index contributed by atoms with van der Waals surface area (Å²) in [5.74, 6) is 0.396. The predicted octanol–water partition coefficient (Wildman–Crippen LogP) is 2.40. The predicted molar refractivity (Wildman–Crippen MR) is 93.8 cm³/mol. The summed E-state index contributed by atoms with van der Waals surface area (Å²) in [5.41, 5.74) is 2.98. The van der Waals surface area contributed by atoms with E-state index in [1.165, 1.54) is 7.11 Å². The van der Waals surface area contributed by atoms with Crippen LogP contribution in [0.5, 0.6) is 11.5 Å². The molecule has 1 amide bonds. The van der Waals surface area contributed by atoms with Crippen molar-refractivity contribution in [2.45, 2.75) is 13.0 Å². The van der Waals surface area contributed by atoms with E-state index >= 15 is 0 Å². The summed E-state index contributed by atoms with van der Waals surface area (Å²) >= 11 is 3.34. The second-order valence-electron chi connectivity index (χ2n) is 5.87. The summed E-state index contributed by atoms with van der Waals surface area (Å²) in [4.78, 5) is 18.8. The van der Waals surface area contributed by atoms with E-state index in [0.29, 0.717) is 36.6 Å². The summed E-state index contributed by atoms with van der Waals surface area (Å²) in [6.45, 7) is 1.03. The average Bonchev–Trinajstić information content (AvgIpc) is 3.03. The number of hydrogen-bond acceptors (Lipinski definition) is 5. The molecule has 25 heavy (non-hydrogen) atoms. The number of aromatic nitrogens is 3. The SMILES string of the molecule is COc1cc2c(cc1O)CCN(C(=O)c1cc3ncc(Br)cn3n1)C2. The molecule has 1 aliphatic rings. The molecule has 0 aliphatic carbocycles. The number of halogens is 1. The molecule has 0 unspecified atom stereocenters. The van der Waals surface area contributed by atoms with Crippen molar-refractivity contribution in [2.75, 3.05) is 13.7 Å². The zero-order valence-electron chi connectivity index (χ0n) is 13.4. The highest BCUT2D eigenvalue weighted by Crippen LogP contribution is 2.32. The molecular formula is C17H15BrN4O3. The highest BCUT2D eigenvalue weighted by atomic mass is 79.9. The minimum Gasteiger partial charge on any atom is -0.504 e. The fraction of sp³-hybridized carbons (Fsp3) is 0.235. The van der Waals surface area contributed by atoms with Crippen LogP contribution in [0.25, 0.3) is 5.65 Å². The van der Waals surface area contributed by atoms with Crippen LogP contribution in [-0.4, -0.2) is 44.2 Å². The highest BCUT2D eigenvalue weighted by molar-refractivity contribution is 9.10. The van der Waals surface area contributed by atoms with Gasteiger partial charge in [0.15, 0.2) is 22.8 Å². The standard InChI is InChI=1S/C17H15BrN4O3/c1-25-15-5-11-8-21(3-2-10(11)4-14(15)23)17(24)13-6-16-19-7-12(18)9-22(16)20-13/h4-7,9,23H,2-3,8H2,1H3. The molecule has 1 N–H and O–H groups in total. The Bertz CT molecular complexity index is 985. The number of nitrogens with zero attached hydrogens (tertiary/aromatic N) is 4. The molecule has 8 heteroatoms. The molecule has 0 spiro atoms. The Balaban J connectivity index is 1.62. The number of phenols is 1. The van der Waals surface area contributed by atoms with Gasteiger partial charge in [-0.05, 0) is 45.6 Å². The average molecular weight is 403 g/mol. The zero-order valence-corrected chi connectivity index (χ0v) is 15.0. The van der Waals surface area contributed by atoms with E-state index in [9.17, 15) is 9.90 Å². The lowest BCUT2D eigenvalue weighted by atomic mass is 9.98. The van der Waals surface area contributed by atoms with Gasteiger partial charge in [-0.25, -0.2) is 9.50 Å². The number of phenolic OH excluding ortho intramolecular Hbond substituents is 1. The normalized spacial score (nSPS) is 13.8. The lowest BCUT2D eigenvalue weighted by molar-refractivity contribution is 0.0728. The summed E-state index contributed by atoms with van der Waals surface area (Å²) in [6.07, 6.45) is 4.11. The molecule has 0 saturated carbocycles. The smallest absolute Gasteiger partial charge is 0.274 e. The third kappa shape index (κ3) is 2.82. The van der Waals surface area contributed by atoms with Gasteiger partial charge in [0.25, 0.3) is 5.91 Å². The van der Waals surface area contributed by atoms with E-state index in [0.717, 1.165) is 15.6 Å². The minimum atomic E-state index is -0.140. The first-order valence-corrected chi connectivity index (χ1v) is 8.53. The van der Waals surface area contributed by atoms with E-state index in [4.69, 9.17) is 4.74 Å². The van der Waals surface area contributed by atoms with Crippen molar-refractivity contribution in [3.05, 3.63) is 51.9 Å². The first kappa shape index (κ1) is 15.9. The van der Waals surface area contributed by atoms with Crippen LogP contribution in [0.15, 0.2) is 35.1 Å². The Labute approximate surface area is 152 Å². The largest absolute Gasteiger partial charge is 0.504 e. The molecule has 0 atom stereocenters. The van der Waals surface area contributed by atoms with Gasteiger partial charge in [0.1, 0.15) is 0 Å². The molecule has 128 valence electrons. The van der Waals surface area contributed by atoms with Crippen LogP contribution >= 0.6 is 15.9 Å². The van der Waals surface area contributed by atoms with Gasteiger partial charge < -0.3 is 14.7 Å². The second kappa shape index (κ2) is 6.03. The number of carbonyl (C=O) groups is 1. The van der Waals surface area contributed by atoms with Crippen molar-refractivity contribution in [2.24, 2.45) is 0 Å². The van der Waals surface area contributed by atoms with Gasteiger partial charge in [0, 0.05) is 31.5 Å². The molecule has 0 saturated heterocycles. The van der Waals surface area contributed by atoms with Crippen LogP contribution in [0.2, 0.25) is 0 Å². The fourth-order valence-corrected chi connectivity index (χ4v) is 3.33. The van der Waals surface area contributed by atoms with Crippen LogP contribution in [-0.2, 0) is 13.0 Å². The monoisotopic (exact) mass is 402 g/mol. The summed E-state index contributed by atoms with van der Waals surface area (Å²) < 4.78 is 7.53. The van der Waals surface area contributed by atoms with Gasteiger partial charge in [-0.15, -0.1) is 0 Å². The van der Waals surface area contributed by atoms with Crippen molar-refractivity contribution >= 4 is 27.5 Å². The van der Waals surface area contributed by atoms with E-state index in [-0.39, 0.29) is 11.7 Å². The topological polar surface area (TPSA) is 80.0 Å². The molecule has 1 aromatic carbocycles. The Kier molecular flexibility index (Phi) is 3.84. The maximum absolute atomic E-state index is 12.8. The molecule has 4 rings (SSSR count). The molecule has 0 fully saturated rings. The van der Waals surface area contributed by atoms with Gasteiger partial charge in [0.2, 0.25) is 0 Å². The number of benzene rings is 1. The van der Waals surface area contributed by atoms with Gasteiger partial charge >= 0.3 is 0 Å². The van der Waals surface area contributed by atoms with Crippen molar-refractivity contribution in [3.63, 3.8) is 0 Å². The molecule has 0 radical (unpaired) electrons. The Morgan fingerprint density at radius 2 is 2.16 bits per heavy atom. The van der Waals surface area contributed by atoms with Crippen molar-refractivity contribution in [1.82, 2.24) is 19.5 Å². The number of carbonyl (C=O) groups excluding carboxylic acids is 1. The Morgan fingerprint density at radius 1 is 1.32 bits per heavy atom. The van der Waals surface area contributed by atoms with Crippen LogP contribution in [0, 0.1) is 0 Å². The third-order valence-corrected chi connectivity index (χ3v) is 4.71. The van der Waals surface area contributed by atoms with Crippen molar-refractivity contribution in [3.8, 4) is 11.5 Å². The molecule has 3 heterocycles. The van der Waals surface area contributed by atoms with Crippen LogP contribution in [0.4, 0.5) is 0 Å². The van der Waals surface area contributed by atoms with Gasteiger partial charge in [-0.1, -0.05) is 0 Å². The fourth-order valence-electron chi connectivity index (χ4n) is 3.03. The van der Waals surface area contributed by atoms with Crippen LogP contribution in [0.3, 0.4) is 0 Å². The molecule has 2 aromatic heterocycles. The number of fused-ring (bicyclic) bond motifs is 2. The Hall–Kier alpha value is -2.61. The maximum Gasteiger partial charge on any atom is 0.274 e. The molecule has 1 aliphatic heterocycles. The third-order valence-electron chi connectivity index (χ3n) is 4.30. The lowest BCUT2D eigenvalue weighted by Crippen LogP contribution is -2.36. The van der Waals surface area contributed by atoms with Crippen molar-refractivity contribution < 1.29 is 14.6 Å². The lowest BCUT2D eigenvalue weighted by Gasteiger charge is -2.28. The van der Waals surface area contributed by atoms with Gasteiger partial charge in [0.05, 0.1) is 11.6 Å². The van der Waals surface area contributed by atoms with E-state index < -0.39 is 0 Å². The highest BCUT2D eigenvalue weighted by Gasteiger charge is 2.25. The van der Waals surface area contributed by atoms with Crippen molar-refractivity contribution in [1.29, 1.82) is 0 Å². The van der Waals surface area contributed by atoms with Crippen LogP contribution in [0.1, 0.15) is 21.6 Å². The molecular weight excluding hydrogens is 388 g/mol. The van der Waals surface area contributed by atoms with Crippen LogP contribution < -0.4 is 4.74 Å². The number of hydrogen-bond donors (Lipinski definition) is 1. The second-order valence-corrected chi connectivity index (χ2v) is 6.79. The number of ether oxygens (including phenoxy) is 1. The number of aromatic hydroxyl groups is 1. The van der Waals surface area contributed by atoms with Gasteiger partial charge in [-0.3, -0.25) is 4.79 Å². The number of methoxy groups -OCH3 is 1.